The minimum atomic E-state index is -0.408. The van der Waals surface area contributed by atoms with Crippen LogP contribution in [0, 0.1) is 19.7 Å². The zero-order valence-electron chi connectivity index (χ0n) is 13.2. The second kappa shape index (κ2) is 6.57. The molecular formula is C18H15BrFN3O. The van der Waals surface area contributed by atoms with E-state index in [9.17, 15) is 9.18 Å². The van der Waals surface area contributed by atoms with Crippen LogP contribution in [0.2, 0.25) is 0 Å². The summed E-state index contributed by atoms with van der Waals surface area (Å²) < 4.78 is 15.7. The molecule has 0 unspecified atom stereocenters. The van der Waals surface area contributed by atoms with E-state index >= 15 is 0 Å². The van der Waals surface area contributed by atoms with Gasteiger partial charge in [-0.15, -0.1) is 0 Å². The lowest BCUT2D eigenvalue weighted by Crippen LogP contribution is -2.14. The molecule has 0 saturated carbocycles. The number of aryl methyl sites for hydroxylation is 2. The number of hydrogen-bond acceptors (Lipinski definition) is 2. The van der Waals surface area contributed by atoms with Gasteiger partial charge in [0.1, 0.15) is 11.5 Å². The number of carbonyl (C=O) groups is 1. The third-order valence-electron chi connectivity index (χ3n) is 3.61. The van der Waals surface area contributed by atoms with Gasteiger partial charge in [0, 0.05) is 11.9 Å². The van der Waals surface area contributed by atoms with E-state index in [0.29, 0.717) is 4.47 Å². The summed E-state index contributed by atoms with van der Waals surface area (Å²) >= 11 is 3.32. The molecule has 4 nitrogen and oxygen atoms in total. The molecule has 0 fully saturated rings. The minimum absolute atomic E-state index is 0.193. The summed E-state index contributed by atoms with van der Waals surface area (Å²) in [5.41, 5.74) is 3.28. The van der Waals surface area contributed by atoms with E-state index in [1.165, 1.54) is 10.7 Å². The van der Waals surface area contributed by atoms with Crippen LogP contribution in [0.25, 0.3) is 5.69 Å². The largest absolute Gasteiger partial charge is 0.320 e. The van der Waals surface area contributed by atoms with Crippen LogP contribution in [0.3, 0.4) is 0 Å². The quantitative estimate of drug-likeness (QED) is 0.711. The van der Waals surface area contributed by atoms with Gasteiger partial charge in [0.05, 0.1) is 4.47 Å². The number of nitrogens with zero attached hydrogens (tertiary/aromatic N) is 2. The lowest BCUT2D eigenvalue weighted by molar-refractivity contribution is 0.102. The lowest BCUT2D eigenvalue weighted by atomic mass is 10.1. The highest BCUT2D eigenvalue weighted by molar-refractivity contribution is 9.10. The Hall–Kier alpha value is -2.47. The minimum Gasteiger partial charge on any atom is -0.320 e. The van der Waals surface area contributed by atoms with Crippen LogP contribution in [0.15, 0.2) is 53.1 Å². The monoisotopic (exact) mass is 387 g/mol. The van der Waals surface area contributed by atoms with Crippen LogP contribution in [0.1, 0.15) is 21.6 Å². The van der Waals surface area contributed by atoms with Crippen LogP contribution in [0.4, 0.5) is 10.1 Å². The topological polar surface area (TPSA) is 46.9 Å². The fourth-order valence-electron chi connectivity index (χ4n) is 2.40. The molecule has 0 atom stereocenters. The number of nitrogens with one attached hydrogen (secondary N) is 1. The summed E-state index contributed by atoms with van der Waals surface area (Å²) in [6.07, 6.45) is 1.56. The summed E-state index contributed by atoms with van der Waals surface area (Å²) in [5.74, 6) is -0.766. The normalized spacial score (nSPS) is 10.7. The number of para-hydroxylation sites is 1. The number of anilines is 1. The molecule has 2 aromatic carbocycles. The van der Waals surface area contributed by atoms with Gasteiger partial charge in [0.25, 0.3) is 5.91 Å². The molecule has 1 heterocycles. The van der Waals surface area contributed by atoms with Gasteiger partial charge in [-0.3, -0.25) is 4.79 Å². The van der Waals surface area contributed by atoms with Crippen molar-refractivity contribution in [1.29, 1.82) is 0 Å². The van der Waals surface area contributed by atoms with Crippen LogP contribution < -0.4 is 5.32 Å². The number of carbonyl (C=O) groups excluding carboxylic acids is 1. The van der Waals surface area contributed by atoms with E-state index in [0.717, 1.165) is 16.8 Å². The van der Waals surface area contributed by atoms with Crippen molar-refractivity contribution in [2.75, 3.05) is 5.32 Å². The molecule has 0 aliphatic heterocycles. The number of halogens is 2. The Balaban J connectivity index is 1.90. The van der Waals surface area contributed by atoms with Crippen molar-refractivity contribution in [2.24, 2.45) is 0 Å². The smallest absolute Gasteiger partial charge is 0.277 e. The van der Waals surface area contributed by atoms with E-state index in [2.05, 4.69) is 26.3 Å². The Labute approximate surface area is 147 Å². The van der Waals surface area contributed by atoms with Crippen molar-refractivity contribution >= 4 is 27.5 Å². The van der Waals surface area contributed by atoms with Gasteiger partial charge in [0.2, 0.25) is 0 Å². The Bertz CT molecular complexity index is 920. The fourth-order valence-corrected chi connectivity index (χ4v) is 2.86. The van der Waals surface area contributed by atoms with Crippen LogP contribution in [0.5, 0.6) is 0 Å². The maximum atomic E-state index is 13.9. The molecule has 0 bridgehead atoms. The first-order chi connectivity index (χ1) is 11.5. The van der Waals surface area contributed by atoms with Gasteiger partial charge in [0.15, 0.2) is 5.69 Å². The molecule has 0 saturated heterocycles. The van der Waals surface area contributed by atoms with Crippen molar-refractivity contribution in [1.82, 2.24) is 9.78 Å². The van der Waals surface area contributed by atoms with E-state index in [4.69, 9.17) is 0 Å². The molecule has 24 heavy (non-hydrogen) atoms. The molecule has 3 aromatic rings. The predicted octanol–water partition coefficient (Wildman–Crippen LogP) is 4.64. The molecule has 6 heteroatoms. The molecule has 0 spiro atoms. The van der Waals surface area contributed by atoms with Gasteiger partial charge >= 0.3 is 0 Å². The highest BCUT2D eigenvalue weighted by atomic mass is 79.9. The highest BCUT2D eigenvalue weighted by Gasteiger charge is 2.17. The molecule has 122 valence electrons. The summed E-state index contributed by atoms with van der Waals surface area (Å²) in [4.78, 5) is 12.5. The first-order valence-electron chi connectivity index (χ1n) is 7.34. The first-order valence-corrected chi connectivity index (χ1v) is 8.13. The molecule has 0 aliphatic rings. The molecular weight excluding hydrogens is 373 g/mol. The van der Waals surface area contributed by atoms with E-state index in [-0.39, 0.29) is 17.3 Å². The molecule has 1 amide bonds. The van der Waals surface area contributed by atoms with Crippen molar-refractivity contribution in [3.05, 3.63) is 75.8 Å². The van der Waals surface area contributed by atoms with Gasteiger partial charge in [-0.2, -0.15) is 5.10 Å². The van der Waals surface area contributed by atoms with Gasteiger partial charge < -0.3 is 5.32 Å². The summed E-state index contributed by atoms with van der Waals surface area (Å²) in [7, 11) is 0. The second-order valence-electron chi connectivity index (χ2n) is 5.49. The number of aromatic nitrogens is 2. The molecule has 3 rings (SSSR count). The zero-order chi connectivity index (χ0) is 17.3. The summed E-state index contributed by atoms with van der Waals surface area (Å²) in [6.45, 7) is 3.92. The molecule has 0 aliphatic carbocycles. The molecule has 0 radical (unpaired) electrons. The summed E-state index contributed by atoms with van der Waals surface area (Å²) in [5, 5.41) is 7.04. The SMILES string of the molecule is Cc1ccc(NC(=O)c2nn(-c3ccccc3F)cc2Br)c(C)c1. The Morgan fingerprint density at radius 2 is 1.96 bits per heavy atom. The van der Waals surface area contributed by atoms with Crippen LogP contribution in [-0.2, 0) is 0 Å². The van der Waals surface area contributed by atoms with Gasteiger partial charge in [-0.1, -0.05) is 29.8 Å². The third kappa shape index (κ3) is 3.23. The number of hydrogen-bond donors (Lipinski definition) is 1. The Kier molecular flexibility index (Phi) is 4.49. The second-order valence-corrected chi connectivity index (χ2v) is 6.35. The first kappa shape index (κ1) is 16.4. The van der Waals surface area contributed by atoms with Crippen molar-refractivity contribution in [3.8, 4) is 5.69 Å². The summed E-state index contributed by atoms with van der Waals surface area (Å²) in [6, 6.07) is 12.0. The van der Waals surface area contributed by atoms with Crippen molar-refractivity contribution < 1.29 is 9.18 Å². The number of benzene rings is 2. The Morgan fingerprint density at radius 1 is 1.21 bits per heavy atom. The lowest BCUT2D eigenvalue weighted by Gasteiger charge is -2.08. The van der Waals surface area contributed by atoms with E-state index in [1.807, 2.05) is 32.0 Å². The number of amides is 1. The van der Waals surface area contributed by atoms with Gasteiger partial charge in [-0.05, 0) is 53.5 Å². The standard InChI is InChI=1S/C18H15BrFN3O/c1-11-7-8-15(12(2)9-11)21-18(24)17-13(19)10-23(22-17)16-6-4-3-5-14(16)20/h3-10H,1-2H3,(H,21,24). The highest BCUT2D eigenvalue weighted by Crippen LogP contribution is 2.22. The van der Waals surface area contributed by atoms with Gasteiger partial charge in [-0.25, -0.2) is 9.07 Å². The zero-order valence-corrected chi connectivity index (χ0v) is 14.8. The fraction of sp³-hybridized carbons (Fsp3) is 0.111. The molecule has 1 N–H and O–H groups in total. The third-order valence-corrected chi connectivity index (χ3v) is 4.19. The predicted molar refractivity (Wildman–Crippen MR) is 95.1 cm³/mol. The van der Waals surface area contributed by atoms with E-state index < -0.39 is 5.82 Å². The van der Waals surface area contributed by atoms with Crippen LogP contribution in [-0.4, -0.2) is 15.7 Å². The van der Waals surface area contributed by atoms with Crippen molar-refractivity contribution in [2.45, 2.75) is 13.8 Å². The molecule has 1 aromatic heterocycles. The average Bonchev–Trinajstić information content (AvgIpc) is 2.92. The average molecular weight is 388 g/mol. The van der Waals surface area contributed by atoms with Crippen molar-refractivity contribution in [3.63, 3.8) is 0 Å². The van der Waals surface area contributed by atoms with E-state index in [1.54, 1.807) is 24.4 Å². The maximum absolute atomic E-state index is 13.9. The van der Waals surface area contributed by atoms with Crippen LogP contribution >= 0.6 is 15.9 Å². The number of rotatable bonds is 3. The Morgan fingerprint density at radius 3 is 2.67 bits per heavy atom. The maximum Gasteiger partial charge on any atom is 0.277 e.